The van der Waals surface area contributed by atoms with Crippen LogP contribution in [0.2, 0.25) is 0 Å². The summed E-state index contributed by atoms with van der Waals surface area (Å²) in [5.41, 5.74) is 7.33. The van der Waals surface area contributed by atoms with Gasteiger partial charge in [-0.3, -0.25) is 0 Å². The van der Waals surface area contributed by atoms with Gasteiger partial charge in [-0.1, -0.05) is 26.0 Å². The van der Waals surface area contributed by atoms with E-state index >= 15 is 0 Å². The van der Waals surface area contributed by atoms with Gasteiger partial charge in [0.05, 0.1) is 5.56 Å². The molecule has 0 aliphatic heterocycles. The van der Waals surface area contributed by atoms with Gasteiger partial charge in [-0.2, -0.15) is 0 Å². The predicted molar refractivity (Wildman–Crippen MR) is 71.6 cm³/mol. The zero-order chi connectivity index (χ0) is 12.1. The van der Waals surface area contributed by atoms with Crippen LogP contribution in [0.3, 0.4) is 0 Å². The first-order valence-corrected chi connectivity index (χ1v) is 5.59. The first-order valence-electron chi connectivity index (χ1n) is 5.59. The van der Waals surface area contributed by atoms with Crippen LogP contribution in [0.25, 0.3) is 0 Å². The number of hydrogen-bond acceptors (Lipinski definition) is 2. The summed E-state index contributed by atoms with van der Waals surface area (Å²) in [6.07, 6.45) is 2.02. The van der Waals surface area contributed by atoms with Gasteiger partial charge in [-0.15, -0.1) is 12.4 Å². The fourth-order valence-electron chi connectivity index (χ4n) is 1.55. The van der Waals surface area contributed by atoms with Crippen molar-refractivity contribution in [2.24, 2.45) is 11.7 Å². The molecule has 3 N–H and O–H groups in total. The molecule has 0 aromatic heterocycles. The average molecular weight is 258 g/mol. The molecule has 17 heavy (non-hydrogen) atoms. The molecule has 0 radical (unpaired) electrons. The fourth-order valence-corrected chi connectivity index (χ4v) is 1.55. The second-order valence-electron chi connectivity index (χ2n) is 4.50. The van der Waals surface area contributed by atoms with E-state index in [1.165, 1.54) is 0 Å². The van der Waals surface area contributed by atoms with Crippen LogP contribution < -0.4 is 5.73 Å². The first kappa shape index (κ1) is 15.9. The topological polar surface area (TPSA) is 63.3 Å². The Morgan fingerprint density at radius 3 is 2.18 bits per heavy atom. The van der Waals surface area contributed by atoms with E-state index in [4.69, 9.17) is 10.8 Å². The SMILES string of the molecule is CC(C)CC[C@@H](N)c1ccc(C(=O)O)cc1.Cl. The van der Waals surface area contributed by atoms with E-state index in [0.29, 0.717) is 11.5 Å². The molecule has 0 aliphatic carbocycles. The van der Waals surface area contributed by atoms with Crippen molar-refractivity contribution in [3.8, 4) is 0 Å². The van der Waals surface area contributed by atoms with Crippen molar-refractivity contribution in [3.63, 3.8) is 0 Å². The molecule has 0 unspecified atom stereocenters. The van der Waals surface area contributed by atoms with Crippen molar-refractivity contribution >= 4 is 18.4 Å². The van der Waals surface area contributed by atoms with Gasteiger partial charge in [0.2, 0.25) is 0 Å². The summed E-state index contributed by atoms with van der Waals surface area (Å²) in [5.74, 6) is -0.258. The smallest absolute Gasteiger partial charge is 0.335 e. The van der Waals surface area contributed by atoms with Crippen molar-refractivity contribution in [1.82, 2.24) is 0 Å². The molecule has 96 valence electrons. The lowest BCUT2D eigenvalue weighted by Gasteiger charge is -2.13. The number of halogens is 1. The van der Waals surface area contributed by atoms with Crippen molar-refractivity contribution < 1.29 is 9.90 Å². The lowest BCUT2D eigenvalue weighted by Crippen LogP contribution is -2.11. The van der Waals surface area contributed by atoms with Crippen molar-refractivity contribution in [2.45, 2.75) is 32.7 Å². The summed E-state index contributed by atoms with van der Waals surface area (Å²) in [4.78, 5) is 10.7. The summed E-state index contributed by atoms with van der Waals surface area (Å²) >= 11 is 0. The van der Waals surface area contributed by atoms with Crippen LogP contribution in [0.5, 0.6) is 0 Å². The van der Waals surface area contributed by atoms with Gasteiger partial charge < -0.3 is 10.8 Å². The maximum absolute atomic E-state index is 10.7. The highest BCUT2D eigenvalue weighted by atomic mass is 35.5. The Hall–Kier alpha value is -1.06. The molecule has 0 aliphatic rings. The van der Waals surface area contributed by atoms with Crippen LogP contribution in [0.4, 0.5) is 0 Å². The highest BCUT2D eigenvalue weighted by molar-refractivity contribution is 5.87. The highest BCUT2D eigenvalue weighted by Gasteiger charge is 2.08. The monoisotopic (exact) mass is 257 g/mol. The van der Waals surface area contributed by atoms with E-state index in [1.54, 1.807) is 24.3 Å². The quantitative estimate of drug-likeness (QED) is 0.851. The summed E-state index contributed by atoms with van der Waals surface area (Å²) in [6, 6.07) is 6.81. The Labute approximate surface area is 108 Å². The number of carbonyl (C=O) groups is 1. The average Bonchev–Trinajstić information content (AvgIpc) is 2.26. The number of rotatable bonds is 5. The minimum atomic E-state index is -0.901. The van der Waals surface area contributed by atoms with Gasteiger partial charge in [0, 0.05) is 6.04 Å². The molecule has 0 saturated heterocycles. The van der Waals surface area contributed by atoms with Crippen molar-refractivity contribution in [2.75, 3.05) is 0 Å². The van der Waals surface area contributed by atoms with Gasteiger partial charge in [-0.25, -0.2) is 4.79 Å². The minimum Gasteiger partial charge on any atom is -0.478 e. The molecule has 1 atom stereocenters. The van der Waals surface area contributed by atoms with Gasteiger partial charge in [0.25, 0.3) is 0 Å². The largest absolute Gasteiger partial charge is 0.478 e. The Balaban J connectivity index is 0.00000256. The van der Waals surface area contributed by atoms with Crippen molar-refractivity contribution in [3.05, 3.63) is 35.4 Å². The number of benzene rings is 1. The van der Waals surface area contributed by atoms with Gasteiger partial charge in [0.15, 0.2) is 0 Å². The summed E-state index contributed by atoms with van der Waals surface area (Å²) in [7, 11) is 0. The van der Waals surface area contributed by atoms with E-state index in [9.17, 15) is 4.79 Å². The molecule has 0 bridgehead atoms. The molecular formula is C13H20ClNO2. The molecule has 1 rings (SSSR count). The van der Waals surface area contributed by atoms with E-state index < -0.39 is 5.97 Å². The predicted octanol–water partition coefficient (Wildman–Crippen LogP) is 3.24. The third-order valence-corrected chi connectivity index (χ3v) is 2.64. The Kier molecular flexibility index (Phi) is 6.85. The normalized spacial score (nSPS) is 12.0. The van der Waals surface area contributed by atoms with Crippen LogP contribution in [-0.4, -0.2) is 11.1 Å². The molecule has 0 heterocycles. The Morgan fingerprint density at radius 1 is 1.24 bits per heavy atom. The molecular weight excluding hydrogens is 238 g/mol. The zero-order valence-electron chi connectivity index (χ0n) is 10.2. The van der Waals surface area contributed by atoms with E-state index in [1.807, 2.05) is 0 Å². The van der Waals surface area contributed by atoms with E-state index in [0.717, 1.165) is 18.4 Å². The number of aromatic carboxylic acids is 1. The third-order valence-electron chi connectivity index (χ3n) is 2.64. The molecule has 0 spiro atoms. The number of nitrogens with two attached hydrogens (primary N) is 1. The Bertz CT molecular complexity index is 349. The molecule has 0 fully saturated rings. The maximum Gasteiger partial charge on any atom is 0.335 e. The number of carboxylic acid groups (broad SMARTS) is 1. The van der Waals surface area contributed by atoms with Gasteiger partial charge in [-0.05, 0) is 36.5 Å². The highest BCUT2D eigenvalue weighted by Crippen LogP contribution is 2.19. The molecule has 0 saturated carbocycles. The summed E-state index contributed by atoms with van der Waals surface area (Å²) in [5, 5.41) is 8.76. The molecule has 0 amide bonds. The second kappa shape index (κ2) is 7.30. The third kappa shape index (κ3) is 5.20. The van der Waals surface area contributed by atoms with Gasteiger partial charge in [0.1, 0.15) is 0 Å². The van der Waals surface area contributed by atoms with Crippen LogP contribution in [0.15, 0.2) is 24.3 Å². The van der Waals surface area contributed by atoms with Crippen molar-refractivity contribution in [1.29, 1.82) is 0 Å². The zero-order valence-corrected chi connectivity index (χ0v) is 11.0. The summed E-state index contributed by atoms with van der Waals surface area (Å²) < 4.78 is 0. The minimum absolute atomic E-state index is 0. The lowest BCUT2D eigenvalue weighted by atomic mass is 9.98. The van der Waals surface area contributed by atoms with Crippen LogP contribution in [0.1, 0.15) is 48.7 Å². The lowest BCUT2D eigenvalue weighted by molar-refractivity contribution is 0.0697. The fraction of sp³-hybridized carbons (Fsp3) is 0.462. The van der Waals surface area contributed by atoms with E-state index in [-0.39, 0.29) is 18.4 Å². The number of hydrogen-bond donors (Lipinski definition) is 2. The first-order chi connectivity index (χ1) is 7.50. The Morgan fingerprint density at radius 2 is 1.76 bits per heavy atom. The van der Waals surface area contributed by atoms with Crippen LogP contribution in [0, 0.1) is 5.92 Å². The standard InChI is InChI=1S/C13H19NO2.ClH/c1-9(2)3-8-12(14)10-4-6-11(7-5-10)13(15)16;/h4-7,9,12H,3,8,14H2,1-2H3,(H,15,16);1H/t12-;/m1./s1. The van der Waals surface area contributed by atoms with E-state index in [2.05, 4.69) is 13.8 Å². The molecule has 3 nitrogen and oxygen atoms in total. The van der Waals surface area contributed by atoms with Crippen LogP contribution in [-0.2, 0) is 0 Å². The summed E-state index contributed by atoms with van der Waals surface area (Å²) in [6.45, 7) is 4.33. The van der Waals surface area contributed by atoms with Gasteiger partial charge >= 0.3 is 5.97 Å². The van der Waals surface area contributed by atoms with Crippen LogP contribution >= 0.6 is 12.4 Å². The molecule has 1 aromatic carbocycles. The second-order valence-corrected chi connectivity index (χ2v) is 4.50. The molecule has 4 heteroatoms. The maximum atomic E-state index is 10.7. The molecule has 1 aromatic rings. The number of carboxylic acids is 1.